The van der Waals surface area contributed by atoms with Gasteiger partial charge >= 0.3 is 0 Å². The number of nitrogens with zero attached hydrogens (tertiary/aromatic N) is 1. The van der Waals surface area contributed by atoms with Crippen molar-refractivity contribution >= 4 is 5.71 Å². The predicted octanol–water partition coefficient (Wildman–Crippen LogP) is 3.35. The third-order valence-electron chi connectivity index (χ3n) is 3.25. The molecule has 2 aromatic carbocycles. The number of aliphatic hydroxyl groups excluding tert-OH is 1. The smallest absolute Gasteiger partial charge is 0.119 e. The van der Waals surface area contributed by atoms with Gasteiger partial charge < -0.3 is 15.1 Å². The van der Waals surface area contributed by atoms with Crippen LogP contribution in [0.2, 0.25) is 0 Å². The molecule has 0 heterocycles. The van der Waals surface area contributed by atoms with E-state index in [0.29, 0.717) is 18.7 Å². The Kier molecular flexibility index (Phi) is 5.35. The largest absolute Gasteiger partial charge is 0.489 e. The van der Waals surface area contributed by atoms with E-state index in [2.05, 4.69) is 5.16 Å². The highest BCUT2D eigenvalue weighted by Crippen LogP contribution is 2.16. The number of hydrogen-bond donors (Lipinski definition) is 2. The van der Waals surface area contributed by atoms with Crippen molar-refractivity contribution in [3.05, 3.63) is 65.2 Å². The van der Waals surface area contributed by atoms with Crippen LogP contribution in [-0.4, -0.2) is 16.0 Å². The molecular formula is C17H19NO3. The molecule has 0 bridgehead atoms. The lowest BCUT2D eigenvalue weighted by molar-refractivity contribution is 0.281. The summed E-state index contributed by atoms with van der Waals surface area (Å²) in [5.41, 5.74) is 3.47. The molecule has 0 unspecified atom stereocenters. The summed E-state index contributed by atoms with van der Waals surface area (Å²) >= 11 is 0. The lowest BCUT2D eigenvalue weighted by Crippen LogP contribution is -2.00. The summed E-state index contributed by atoms with van der Waals surface area (Å²) < 4.78 is 5.70. The Morgan fingerprint density at radius 2 is 1.62 bits per heavy atom. The molecule has 0 saturated carbocycles. The fraction of sp³-hybridized carbons (Fsp3) is 0.235. The molecule has 2 aromatic rings. The Hall–Kier alpha value is -2.33. The van der Waals surface area contributed by atoms with E-state index in [-0.39, 0.29) is 6.61 Å². The monoisotopic (exact) mass is 285 g/mol. The van der Waals surface area contributed by atoms with Gasteiger partial charge in [0.1, 0.15) is 12.4 Å². The molecule has 2 N–H and O–H groups in total. The van der Waals surface area contributed by atoms with Crippen LogP contribution in [0.1, 0.15) is 30.0 Å². The number of oxime groups is 1. The molecule has 0 aromatic heterocycles. The van der Waals surface area contributed by atoms with E-state index in [1.165, 1.54) is 0 Å². The SMILES string of the molecule is CC/C(=N/O)c1ccc(OCc2ccc(CO)cc2)cc1. The zero-order valence-electron chi connectivity index (χ0n) is 12.0. The van der Waals surface area contributed by atoms with E-state index in [4.69, 9.17) is 15.1 Å². The highest BCUT2D eigenvalue weighted by Gasteiger charge is 2.02. The van der Waals surface area contributed by atoms with Crippen LogP contribution in [0.15, 0.2) is 53.7 Å². The van der Waals surface area contributed by atoms with E-state index in [1.54, 1.807) is 0 Å². The number of ether oxygens (including phenoxy) is 1. The second-order valence-corrected chi connectivity index (χ2v) is 4.69. The third kappa shape index (κ3) is 4.07. The molecule has 4 heteroatoms. The number of aliphatic hydroxyl groups is 1. The van der Waals surface area contributed by atoms with Crippen molar-refractivity contribution < 1.29 is 15.1 Å². The molecule has 0 atom stereocenters. The van der Waals surface area contributed by atoms with Crippen LogP contribution < -0.4 is 4.74 Å². The van der Waals surface area contributed by atoms with Gasteiger partial charge in [0.05, 0.1) is 12.3 Å². The van der Waals surface area contributed by atoms with Gasteiger partial charge in [0.2, 0.25) is 0 Å². The lowest BCUT2D eigenvalue weighted by atomic mass is 10.1. The van der Waals surface area contributed by atoms with Crippen molar-refractivity contribution in [1.29, 1.82) is 0 Å². The lowest BCUT2D eigenvalue weighted by Gasteiger charge is -2.08. The van der Waals surface area contributed by atoms with E-state index in [0.717, 1.165) is 22.4 Å². The van der Waals surface area contributed by atoms with Gasteiger partial charge in [0, 0.05) is 0 Å². The first-order valence-corrected chi connectivity index (χ1v) is 6.89. The second-order valence-electron chi connectivity index (χ2n) is 4.69. The molecule has 0 amide bonds. The molecule has 21 heavy (non-hydrogen) atoms. The molecule has 0 aliphatic carbocycles. The van der Waals surface area contributed by atoms with Gasteiger partial charge in [0.15, 0.2) is 0 Å². The summed E-state index contributed by atoms with van der Waals surface area (Å²) in [6, 6.07) is 15.1. The van der Waals surface area contributed by atoms with Crippen molar-refractivity contribution in [1.82, 2.24) is 0 Å². The van der Waals surface area contributed by atoms with Crippen LogP contribution in [0.25, 0.3) is 0 Å². The number of rotatable bonds is 6. The van der Waals surface area contributed by atoms with Crippen LogP contribution in [-0.2, 0) is 13.2 Å². The van der Waals surface area contributed by atoms with Crippen molar-refractivity contribution in [3.63, 3.8) is 0 Å². The molecule has 0 aliphatic heterocycles. The summed E-state index contributed by atoms with van der Waals surface area (Å²) in [7, 11) is 0. The Morgan fingerprint density at radius 3 is 2.14 bits per heavy atom. The molecule has 110 valence electrons. The van der Waals surface area contributed by atoms with Gasteiger partial charge in [-0.2, -0.15) is 0 Å². The first-order chi connectivity index (χ1) is 10.3. The van der Waals surface area contributed by atoms with E-state index >= 15 is 0 Å². The Morgan fingerprint density at radius 1 is 1.00 bits per heavy atom. The summed E-state index contributed by atoms with van der Waals surface area (Å²) in [5.74, 6) is 0.762. The fourth-order valence-electron chi connectivity index (χ4n) is 1.98. The number of hydrogen-bond acceptors (Lipinski definition) is 4. The maximum Gasteiger partial charge on any atom is 0.119 e. The average Bonchev–Trinajstić information content (AvgIpc) is 2.55. The van der Waals surface area contributed by atoms with E-state index < -0.39 is 0 Å². The van der Waals surface area contributed by atoms with Crippen LogP contribution in [0.5, 0.6) is 5.75 Å². The topological polar surface area (TPSA) is 62.1 Å². The van der Waals surface area contributed by atoms with Crippen LogP contribution >= 0.6 is 0 Å². The zero-order chi connectivity index (χ0) is 15.1. The zero-order valence-corrected chi connectivity index (χ0v) is 12.0. The Bertz CT molecular complexity index is 588. The van der Waals surface area contributed by atoms with E-state index in [1.807, 2.05) is 55.5 Å². The van der Waals surface area contributed by atoms with Gasteiger partial charge in [-0.25, -0.2) is 0 Å². The van der Waals surface area contributed by atoms with Crippen molar-refractivity contribution in [2.75, 3.05) is 0 Å². The molecule has 4 nitrogen and oxygen atoms in total. The predicted molar refractivity (Wildman–Crippen MR) is 81.8 cm³/mol. The molecule has 0 fully saturated rings. The minimum Gasteiger partial charge on any atom is -0.489 e. The maximum atomic E-state index is 8.99. The highest BCUT2D eigenvalue weighted by atomic mass is 16.5. The third-order valence-corrected chi connectivity index (χ3v) is 3.25. The normalized spacial score (nSPS) is 11.4. The van der Waals surface area contributed by atoms with Gasteiger partial charge in [0.25, 0.3) is 0 Å². The van der Waals surface area contributed by atoms with E-state index in [9.17, 15) is 0 Å². The molecule has 0 aliphatic rings. The first-order valence-electron chi connectivity index (χ1n) is 6.89. The number of benzene rings is 2. The highest BCUT2D eigenvalue weighted by molar-refractivity contribution is 6.00. The fourth-order valence-corrected chi connectivity index (χ4v) is 1.98. The van der Waals surface area contributed by atoms with Gasteiger partial charge in [-0.3, -0.25) is 0 Å². The minimum atomic E-state index is 0.0504. The minimum absolute atomic E-state index is 0.0504. The van der Waals surface area contributed by atoms with Crippen molar-refractivity contribution in [2.24, 2.45) is 5.16 Å². The molecule has 0 spiro atoms. The summed E-state index contributed by atoms with van der Waals surface area (Å²) in [4.78, 5) is 0. The van der Waals surface area contributed by atoms with Crippen LogP contribution in [0.4, 0.5) is 0 Å². The molecular weight excluding hydrogens is 266 g/mol. The quantitative estimate of drug-likeness (QED) is 0.486. The summed E-state index contributed by atoms with van der Waals surface area (Å²) in [5, 5.41) is 21.1. The molecule has 2 rings (SSSR count). The first kappa shape index (κ1) is 15.1. The Balaban J connectivity index is 1.97. The average molecular weight is 285 g/mol. The van der Waals surface area contributed by atoms with Crippen LogP contribution in [0.3, 0.4) is 0 Å². The Labute approximate surface area is 124 Å². The van der Waals surface area contributed by atoms with Gasteiger partial charge in [-0.05, 0) is 47.4 Å². The van der Waals surface area contributed by atoms with Crippen LogP contribution in [0, 0.1) is 0 Å². The molecule has 0 radical (unpaired) electrons. The summed E-state index contributed by atoms with van der Waals surface area (Å²) in [6.45, 7) is 2.46. The maximum absolute atomic E-state index is 8.99. The summed E-state index contributed by atoms with van der Waals surface area (Å²) in [6.07, 6.45) is 0.675. The van der Waals surface area contributed by atoms with Gasteiger partial charge in [-0.15, -0.1) is 0 Å². The second kappa shape index (κ2) is 7.45. The standard InChI is InChI=1S/C17H19NO3/c1-2-17(18-20)15-7-9-16(10-8-15)21-12-14-5-3-13(11-19)4-6-14/h3-10,19-20H,2,11-12H2,1H3/b18-17-. The molecule has 0 saturated heterocycles. The van der Waals surface area contributed by atoms with Gasteiger partial charge in [-0.1, -0.05) is 36.3 Å². The van der Waals surface area contributed by atoms with Crippen molar-refractivity contribution in [2.45, 2.75) is 26.6 Å². The van der Waals surface area contributed by atoms with Crippen molar-refractivity contribution in [3.8, 4) is 5.75 Å².